The number of nitrogens with zero attached hydrogens (tertiary/aromatic N) is 1. The van der Waals surface area contributed by atoms with E-state index in [9.17, 15) is 9.90 Å². The fourth-order valence-electron chi connectivity index (χ4n) is 7.24. The summed E-state index contributed by atoms with van der Waals surface area (Å²) in [5.41, 5.74) is -0.125. The van der Waals surface area contributed by atoms with Crippen LogP contribution in [0, 0.1) is 23.7 Å². The Bertz CT molecular complexity index is 711. The van der Waals surface area contributed by atoms with E-state index in [1.807, 2.05) is 37.3 Å². The predicted molar refractivity (Wildman–Crippen MR) is 111 cm³/mol. The summed E-state index contributed by atoms with van der Waals surface area (Å²) in [5, 5.41) is 14.2. The van der Waals surface area contributed by atoms with Gasteiger partial charge in [-0.15, -0.1) is 0 Å². The highest BCUT2D eigenvalue weighted by Crippen LogP contribution is 2.53. The summed E-state index contributed by atoms with van der Waals surface area (Å²) in [6, 6.07) is 10.3. The molecule has 0 radical (unpaired) electrons. The van der Waals surface area contributed by atoms with Crippen LogP contribution in [0.2, 0.25) is 0 Å². The second kappa shape index (κ2) is 7.68. The second-order valence-electron chi connectivity index (χ2n) is 9.81. The Balaban J connectivity index is 1.34. The first-order chi connectivity index (χ1) is 14.1. The van der Waals surface area contributed by atoms with E-state index in [1.165, 1.54) is 32.1 Å². The topological polar surface area (TPSA) is 61.8 Å². The number of carboxylic acid groups (broad SMARTS) is 1. The lowest BCUT2D eigenvalue weighted by molar-refractivity contribution is -0.162. The highest BCUT2D eigenvalue weighted by atomic mass is 16.5. The fourth-order valence-corrected chi connectivity index (χ4v) is 7.24. The zero-order valence-corrected chi connectivity index (χ0v) is 17.4. The van der Waals surface area contributed by atoms with Crippen molar-refractivity contribution >= 4 is 5.97 Å². The van der Waals surface area contributed by atoms with Crippen LogP contribution in [-0.2, 0) is 15.1 Å². The number of carbonyl (C=O) groups is 1. The molecule has 1 heterocycles. The van der Waals surface area contributed by atoms with Crippen molar-refractivity contribution in [2.24, 2.45) is 23.7 Å². The molecule has 2 unspecified atom stereocenters. The molecule has 4 saturated carbocycles. The van der Waals surface area contributed by atoms with E-state index in [2.05, 4.69) is 10.2 Å². The number of hydrogen-bond acceptors (Lipinski definition) is 4. The third-order valence-electron chi connectivity index (χ3n) is 8.33. The van der Waals surface area contributed by atoms with Gasteiger partial charge < -0.3 is 9.84 Å². The lowest BCUT2D eigenvalue weighted by atomic mass is 9.54. The molecule has 5 fully saturated rings. The first-order valence-electron chi connectivity index (χ1n) is 11.5. The Kier molecular flexibility index (Phi) is 5.17. The second-order valence-corrected chi connectivity index (χ2v) is 9.81. The summed E-state index contributed by atoms with van der Waals surface area (Å²) in [6.45, 7) is 3.83. The molecular formula is C24H34N2O3. The van der Waals surface area contributed by atoms with Crippen LogP contribution in [0.25, 0.3) is 0 Å². The van der Waals surface area contributed by atoms with Crippen LogP contribution in [0.4, 0.5) is 0 Å². The number of ether oxygens (including phenoxy) is 1. The van der Waals surface area contributed by atoms with Gasteiger partial charge in [0.1, 0.15) is 11.8 Å². The molecule has 1 saturated heterocycles. The van der Waals surface area contributed by atoms with Gasteiger partial charge in [-0.05, 0) is 67.8 Å². The van der Waals surface area contributed by atoms with Gasteiger partial charge in [0.25, 0.3) is 0 Å². The largest absolute Gasteiger partial charge is 0.480 e. The lowest BCUT2D eigenvalue weighted by Crippen LogP contribution is -2.63. The fraction of sp³-hybridized carbons (Fsp3) is 0.708. The molecule has 5 heteroatoms. The van der Waals surface area contributed by atoms with Crippen LogP contribution in [-0.4, -0.2) is 47.9 Å². The molecule has 5 nitrogen and oxygen atoms in total. The minimum atomic E-state index is -0.991. The number of carboxylic acids is 1. The van der Waals surface area contributed by atoms with E-state index >= 15 is 0 Å². The Morgan fingerprint density at radius 2 is 1.79 bits per heavy atom. The number of morpholine rings is 1. The van der Waals surface area contributed by atoms with E-state index in [0.717, 1.165) is 29.2 Å². The molecule has 5 aliphatic rings. The molecule has 1 aromatic carbocycles. The molecule has 1 aromatic rings. The molecule has 29 heavy (non-hydrogen) atoms. The summed E-state index contributed by atoms with van der Waals surface area (Å²) >= 11 is 0. The van der Waals surface area contributed by atoms with Crippen LogP contribution in [0.15, 0.2) is 30.3 Å². The number of hydrogen-bond donors (Lipinski definition) is 2. The van der Waals surface area contributed by atoms with Crippen molar-refractivity contribution in [1.29, 1.82) is 0 Å². The van der Waals surface area contributed by atoms with Crippen molar-refractivity contribution in [2.45, 2.75) is 63.3 Å². The van der Waals surface area contributed by atoms with Crippen molar-refractivity contribution in [2.75, 3.05) is 19.7 Å². The molecule has 158 valence electrons. The average molecular weight is 399 g/mol. The maximum Gasteiger partial charge on any atom is 0.328 e. The number of aliphatic carboxylic acids is 1. The normalized spacial score (nSPS) is 38.7. The quantitative estimate of drug-likeness (QED) is 0.769. The summed E-state index contributed by atoms with van der Waals surface area (Å²) in [5.74, 6) is 2.72. The van der Waals surface area contributed by atoms with Crippen molar-refractivity contribution in [3.63, 3.8) is 0 Å². The third-order valence-corrected chi connectivity index (χ3v) is 8.33. The standard InChI is InChI=1S/C24H34N2O3/c1-2-24(23(27)28,20-6-4-3-5-7-20)26-8-9-29-21(15-26)25-22-18-11-16-10-17(13-18)14-19(22)12-16/h3-7,16-19,21-22,25H,2,8-15H2,1H3,(H,27,28). The monoisotopic (exact) mass is 398 g/mol. The molecular weight excluding hydrogens is 364 g/mol. The van der Waals surface area contributed by atoms with Gasteiger partial charge in [0, 0.05) is 19.1 Å². The zero-order valence-electron chi connectivity index (χ0n) is 17.4. The first kappa shape index (κ1) is 19.5. The third kappa shape index (κ3) is 3.31. The van der Waals surface area contributed by atoms with Crippen LogP contribution < -0.4 is 5.32 Å². The maximum atomic E-state index is 12.5. The molecule has 0 amide bonds. The number of nitrogens with one attached hydrogen (secondary N) is 1. The van der Waals surface area contributed by atoms with Gasteiger partial charge in [-0.3, -0.25) is 10.2 Å². The molecule has 0 spiro atoms. The molecule has 4 bridgehead atoms. The van der Waals surface area contributed by atoms with Gasteiger partial charge in [-0.1, -0.05) is 37.3 Å². The highest BCUT2D eigenvalue weighted by Gasteiger charge is 2.50. The van der Waals surface area contributed by atoms with Crippen molar-refractivity contribution in [1.82, 2.24) is 10.2 Å². The van der Waals surface area contributed by atoms with E-state index in [0.29, 0.717) is 32.2 Å². The minimum Gasteiger partial charge on any atom is -0.480 e. The van der Waals surface area contributed by atoms with Crippen LogP contribution in [0.5, 0.6) is 0 Å². The first-order valence-corrected chi connectivity index (χ1v) is 11.5. The van der Waals surface area contributed by atoms with Gasteiger partial charge in [0.05, 0.1) is 6.61 Å². The van der Waals surface area contributed by atoms with Crippen molar-refractivity contribution in [3.05, 3.63) is 35.9 Å². The Morgan fingerprint density at radius 3 is 2.38 bits per heavy atom. The van der Waals surface area contributed by atoms with Crippen molar-refractivity contribution in [3.8, 4) is 0 Å². The van der Waals surface area contributed by atoms with E-state index in [4.69, 9.17) is 4.74 Å². The predicted octanol–water partition coefficient (Wildman–Crippen LogP) is 3.45. The molecule has 0 aromatic heterocycles. The van der Waals surface area contributed by atoms with Gasteiger partial charge in [0.15, 0.2) is 0 Å². The molecule has 2 atom stereocenters. The average Bonchev–Trinajstić information content (AvgIpc) is 2.72. The molecule has 1 aliphatic heterocycles. The minimum absolute atomic E-state index is 0.0831. The summed E-state index contributed by atoms with van der Waals surface area (Å²) in [7, 11) is 0. The van der Waals surface area contributed by atoms with Crippen LogP contribution >= 0.6 is 0 Å². The van der Waals surface area contributed by atoms with Crippen molar-refractivity contribution < 1.29 is 14.6 Å². The van der Waals surface area contributed by atoms with Gasteiger partial charge in [0.2, 0.25) is 0 Å². The molecule has 6 rings (SSSR count). The Labute approximate surface area is 173 Å². The summed E-state index contributed by atoms with van der Waals surface area (Å²) in [6.07, 6.45) is 7.41. The van der Waals surface area contributed by atoms with Gasteiger partial charge in [-0.2, -0.15) is 0 Å². The van der Waals surface area contributed by atoms with E-state index < -0.39 is 11.5 Å². The van der Waals surface area contributed by atoms with Gasteiger partial charge >= 0.3 is 5.97 Å². The zero-order chi connectivity index (χ0) is 20.0. The van der Waals surface area contributed by atoms with Gasteiger partial charge in [-0.25, -0.2) is 4.79 Å². The van der Waals surface area contributed by atoms with E-state index in [1.54, 1.807) is 0 Å². The SMILES string of the molecule is CCC(C(=O)O)(c1ccccc1)N1CCOC(NC2C3CC4CC(C3)CC2C4)C1. The van der Waals surface area contributed by atoms with E-state index in [-0.39, 0.29) is 6.23 Å². The highest BCUT2D eigenvalue weighted by molar-refractivity contribution is 5.80. The maximum absolute atomic E-state index is 12.5. The number of rotatable bonds is 6. The Hall–Kier alpha value is -1.43. The van der Waals surface area contributed by atoms with Crippen LogP contribution in [0.3, 0.4) is 0 Å². The smallest absolute Gasteiger partial charge is 0.328 e. The number of benzene rings is 1. The lowest BCUT2D eigenvalue weighted by Gasteiger charge is -2.55. The summed E-state index contributed by atoms with van der Waals surface area (Å²) < 4.78 is 6.12. The molecule has 4 aliphatic carbocycles. The Morgan fingerprint density at radius 1 is 1.14 bits per heavy atom. The summed E-state index contributed by atoms with van der Waals surface area (Å²) in [4.78, 5) is 14.7. The van der Waals surface area contributed by atoms with Crippen LogP contribution in [0.1, 0.15) is 51.0 Å². The molecule has 2 N–H and O–H groups in total.